The minimum atomic E-state index is -0.461. The van der Waals surface area contributed by atoms with E-state index in [2.05, 4.69) is 20.2 Å². The van der Waals surface area contributed by atoms with Crippen LogP contribution in [0.2, 0.25) is 0 Å². The molecule has 3 aromatic rings. The Kier molecular flexibility index (Phi) is 7.26. The van der Waals surface area contributed by atoms with Gasteiger partial charge in [-0.2, -0.15) is 0 Å². The second-order valence-corrected chi connectivity index (χ2v) is 8.58. The molecular formula is C25H29N5O3. The maximum atomic E-state index is 11.1. The number of likely N-dealkylation sites (tertiary alicyclic amines) is 1. The van der Waals surface area contributed by atoms with E-state index in [9.17, 15) is 15.2 Å². The summed E-state index contributed by atoms with van der Waals surface area (Å²) in [6.07, 6.45) is 1.64. The van der Waals surface area contributed by atoms with Crippen LogP contribution in [-0.4, -0.2) is 51.1 Å². The van der Waals surface area contributed by atoms with E-state index in [4.69, 9.17) is 0 Å². The lowest BCUT2D eigenvalue weighted by atomic mass is 9.96. The first-order valence-electron chi connectivity index (χ1n) is 11.3. The number of hydrogen-bond acceptors (Lipinski definition) is 7. The third-order valence-corrected chi connectivity index (χ3v) is 6.06. The van der Waals surface area contributed by atoms with E-state index in [0.29, 0.717) is 23.9 Å². The van der Waals surface area contributed by atoms with Crippen LogP contribution in [0.5, 0.6) is 0 Å². The van der Waals surface area contributed by atoms with Crippen LogP contribution in [0, 0.1) is 23.0 Å². The molecule has 4 rings (SSSR count). The number of anilines is 1. The summed E-state index contributed by atoms with van der Waals surface area (Å²) in [6, 6.07) is 18.1. The molecule has 8 nitrogen and oxygen atoms in total. The number of aliphatic hydroxyl groups is 1. The molecule has 1 unspecified atom stereocenters. The second kappa shape index (κ2) is 10.5. The highest BCUT2D eigenvalue weighted by Crippen LogP contribution is 2.24. The summed E-state index contributed by atoms with van der Waals surface area (Å²) in [5, 5.41) is 25.0. The molecule has 2 aromatic carbocycles. The summed E-state index contributed by atoms with van der Waals surface area (Å²) in [4.78, 5) is 22.0. The summed E-state index contributed by atoms with van der Waals surface area (Å²) in [5.41, 5.74) is 2.41. The van der Waals surface area contributed by atoms with Gasteiger partial charge in [0.1, 0.15) is 5.82 Å². The van der Waals surface area contributed by atoms with Gasteiger partial charge in [0.25, 0.3) is 5.69 Å². The van der Waals surface area contributed by atoms with Crippen LogP contribution in [0.3, 0.4) is 0 Å². The number of aliphatic hydroxyl groups excluding tert-OH is 1. The summed E-state index contributed by atoms with van der Waals surface area (Å²) in [5.74, 6) is 1.73. The summed E-state index contributed by atoms with van der Waals surface area (Å²) < 4.78 is 0. The van der Waals surface area contributed by atoms with Gasteiger partial charge in [-0.25, -0.2) is 9.97 Å². The largest absolute Gasteiger partial charge is 0.387 e. The van der Waals surface area contributed by atoms with E-state index in [0.717, 1.165) is 49.6 Å². The fourth-order valence-electron chi connectivity index (χ4n) is 4.19. The van der Waals surface area contributed by atoms with Gasteiger partial charge in [-0.1, -0.05) is 42.5 Å². The van der Waals surface area contributed by atoms with E-state index in [1.807, 2.05) is 43.3 Å². The highest BCUT2D eigenvalue weighted by Gasteiger charge is 2.21. The average molecular weight is 448 g/mol. The van der Waals surface area contributed by atoms with Crippen molar-refractivity contribution in [2.75, 3.05) is 31.5 Å². The molecule has 1 aliphatic heterocycles. The molecule has 0 radical (unpaired) electrons. The molecule has 2 heterocycles. The van der Waals surface area contributed by atoms with Gasteiger partial charge in [0.15, 0.2) is 5.82 Å². The molecular weight excluding hydrogens is 418 g/mol. The van der Waals surface area contributed by atoms with Gasteiger partial charge in [-0.3, -0.25) is 10.1 Å². The van der Waals surface area contributed by atoms with Crippen molar-refractivity contribution < 1.29 is 10.0 Å². The van der Waals surface area contributed by atoms with E-state index in [1.165, 1.54) is 12.1 Å². The molecule has 8 heteroatoms. The van der Waals surface area contributed by atoms with Crippen molar-refractivity contribution in [3.8, 4) is 11.4 Å². The Balaban J connectivity index is 1.31. The van der Waals surface area contributed by atoms with Crippen LogP contribution < -0.4 is 5.32 Å². The smallest absolute Gasteiger partial charge is 0.270 e. The topological polar surface area (TPSA) is 104 Å². The van der Waals surface area contributed by atoms with E-state index in [1.54, 1.807) is 12.1 Å². The average Bonchev–Trinajstić information content (AvgIpc) is 2.84. The Labute approximate surface area is 193 Å². The summed E-state index contributed by atoms with van der Waals surface area (Å²) >= 11 is 0. The second-order valence-electron chi connectivity index (χ2n) is 8.58. The van der Waals surface area contributed by atoms with Crippen LogP contribution in [0.25, 0.3) is 11.4 Å². The van der Waals surface area contributed by atoms with Gasteiger partial charge in [0.2, 0.25) is 0 Å². The van der Waals surface area contributed by atoms with Crippen molar-refractivity contribution >= 4 is 11.5 Å². The maximum Gasteiger partial charge on any atom is 0.270 e. The van der Waals surface area contributed by atoms with E-state index in [-0.39, 0.29) is 5.69 Å². The Morgan fingerprint density at radius 2 is 1.88 bits per heavy atom. The number of piperidine rings is 1. The minimum absolute atomic E-state index is 0.0243. The van der Waals surface area contributed by atoms with Crippen LogP contribution in [0.4, 0.5) is 11.5 Å². The van der Waals surface area contributed by atoms with Crippen LogP contribution in [-0.2, 0) is 0 Å². The normalized spacial score (nSPS) is 15.8. The van der Waals surface area contributed by atoms with Crippen molar-refractivity contribution in [3.05, 3.63) is 82.0 Å². The quantitative estimate of drug-likeness (QED) is 0.393. The number of aromatic nitrogens is 2. The van der Waals surface area contributed by atoms with E-state index < -0.39 is 11.0 Å². The number of nitrogens with one attached hydrogen (secondary N) is 1. The van der Waals surface area contributed by atoms with Gasteiger partial charge in [-0.05, 0) is 44.3 Å². The van der Waals surface area contributed by atoms with Crippen molar-refractivity contribution in [1.82, 2.24) is 14.9 Å². The number of benzene rings is 2. The molecule has 2 N–H and O–H groups in total. The molecule has 0 aliphatic carbocycles. The number of hydrogen-bond donors (Lipinski definition) is 2. The van der Waals surface area contributed by atoms with Gasteiger partial charge in [0, 0.05) is 42.5 Å². The molecule has 1 aliphatic rings. The van der Waals surface area contributed by atoms with Gasteiger partial charge in [0.05, 0.1) is 11.0 Å². The summed E-state index contributed by atoms with van der Waals surface area (Å²) in [6.45, 7) is 5.27. The number of aryl methyl sites for hydroxylation is 1. The predicted octanol–water partition coefficient (Wildman–Crippen LogP) is 4.22. The van der Waals surface area contributed by atoms with Crippen LogP contribution in [0.1, 0.15) is 30.2 Å². The van der Waals surface area contributed by atoms with Crippen molar-refractivity contribution in [1.29, 1.82) is 0 Å². The van der Waals surface area contributed by atoms with Crippen molar-refractivity contribution in [2.45, 2.75) is 25.9 Å². The highest BCUT2D eigenvalue weighted by molar-refractivity contribution is 5.61. The van der Waals surface area contributed by atoms with E-state index >= 15 is 0 Å². The Bertz CT molecular complexity index is 1080. The fraction of sp³-hybridized carbons (Fsp3) is 0.360. The SMILES string of the molecule is Cc1cc(NCC2CCN(CC(O)c3ccccc3)CC2)nc(-c2cccc([N+](=O)[O-])c2)n1. The standard InChI is InChI=1S/C25H29N5O3/c1-18-14-24(28-25(27-18)21-8-5-9-22(15-21)30(32)33)26-16-19-10-12-29(13-11-19)17-23(31)20-6-3-2-4-7-20/h2-9,14-15,19,23,31H,10-13,16-17H2,1H3,(H,26,27,28). The third-order valence-electron chi connectivity index (χ3n) is 6.06. The summed E-state index contributed by atoms with van der Waals surface area (Å²) in [7, 11) is 0. The zero-order valence-electron chi connectivity index (χ0n) is 18.7. The molecule has 0 spiro atoms. The molecule has 1 fully saturated rings. The molecule has 0 amide bonds. The number of β-amino-alcohol motifs (C(OH)–C–C–N with tert-alkyl or cyclic N) is 1. The van der Waals surface area contributed by atoms with Crippen molar-refractivity contribution in [2.24, 2.45) is 5.92 Å². The fourth-order valence-corrected chi connectivity index (χ4v) is 4.19. The van der Waals surface area contributed by atoms with Crippen LogP contribution >= 0.6 is 0 Å². The monoisotopic (exact) mass is 447 g/mol. The van der Waals surface area contributed by atoms with Crippen LogP contribution in [0.15, 0.2) is 60.7 Å². The van der Waals surface area contributed by atoms with Crippen molar-refractivity contribution in [3.63, 3.8) is 0 Å². The first kappa shape index (κ1) is 22.8. The lowest BCUT2D eigenvalue weighted by molar-refractivity contribution is -0.384. The first-order chi connectivity index (χ1) is 16.0. The Morgan fingerprint density at radius 3 is 2.61 bits per heavy atom. The third kappa shape index (κ3) is 6.12. The molecule has 172 valence electrons. The molecule has 33 heavy (non-hydrogen) atoms. The Hall–Kier alpha value is -3.36. The predicted molar refractivity (Wildman–Crippen MR) is 128 cm³/mol. The lowest BCUT2D eigenvalue weighted by Crippen LogP contribution is -2.38. The molecule has 1 aromatic heterocycles. The zero-order chi connectivity index (χ0) is 23.2. The van der Waals surface area contributed by atoms with Gasteiger partial charge >= 0.3 is 0 Å². The molecule has 1 saturated heterocycles. The minimum Gasteiger partial charge on any atom is -0.387 e. The number of nitro benzene ring substituents is 1. The zero-order valence-corrected chi connectivity index (χ0v) is 18.7. The number of rotatable bonds is 8. The number of nitro groups is 1. The first-order valence-corrected chi connectivity index (χ1v) is 11.3. The van der Waals surface area contributed by atoms with Gasteiger partial charge in [-0.15, -0.1) is 0 Å². The molecule has 0 bridgehead atoms. The molecule has 1 atom stereocenters. The number of nitrogens with zero attached hydrogens (tertiary/aromatic N) is 4. The maximum absolute atomic E-state index is 11.1. The number of non-ortho nitro benzene ring substituents is 1. The Morgan fingerprint density at radius 1 is 1.12 bits per heavy atom. The lowest BCUT2D eigenvalue weighted by Gasteiger charge is -2.33. The molecule has 0 saturated carbocycles. The highest BCUT2D eigenvalue weighted by atomic mass is 16.6. The van der Waals surface area contributed by atoms with Gasteiger partial charge < -0.3 is 15.3 Å².